The molecule has 3 aromatic rings. The number of fused-ring (bicyclic) bond motifs is 1. The highest BCUT2D eigenvalue weighted by atomic mass is 19.4. The Kier molecular flexibility index (Phi) is 5.04. The van der Waals surface area contributed by atoms with Crippen LogP contribution in [-0.2, 0) is 6.18 Å². The lowest BCUT2D eigenvalue weighted by molar-refractivity contribution is -0.137. The summed E-state index contributed by atoms with van der Waals surface area (Å²) in [7, 11) is 0. The number of aromatic amines is 1. The molecule has 2 heterocycles. The van der Waals surface area contributed by atoms with Crippen LogP contribution in [0.4, 0.5) is 18.9 Å². The molecule has 0 amide bonds. The van der Waals surface area contributed by atoms with E-state index in [1.807, 2.05) is 24.0 Å². The van der Waals surface area contributed by atoms with E-state index in [-0.39, 0.29) is 11.6 Å². The maximum atomic E-state index is 13.0. The highest BCUT2D eigenvalue weighted by Crippen LogP contribution is 2.32. The lowest BCUT2D eigenvalue weighted by atomic mass is 10.1. The van der Waals surface area contributed by atoms with Crippen LogP contribution in [0.15, 0.2) is 53.3 Å². The number of hydrogen-bond acceptors (Lipinski definition) is 4. The zero-order valence-electron chi connectivity index (χ0n) is 15.9. The fourth-order valence-corrected chi connectivity index (χ4v) is 3.72. The summed E-state index contributed by atoms with van der Waals surface area (Å²) >= 11 is 0. The average molecular weight is 402 g/mol. The van der Waals surface area contributed by atoms with Crippen LogP contribution in [0.3, 0.4) is 0 Å². The first-order valence-electron chi connectivity index (χ1n) is 9.48. The Bertz CT molecular complexity index is 1070. The highest BCUT2D eigenvalue weighted by molar-refractivity contribution is 5.77. The lowest BCUT2D eigenvalue weighted by Gasteiger charge is -2.38. The third kappa shape index (κ3) is 3.98. The molecule has 0 saturated carbocycles. The topological polar surface area (TPSA) is 52.2 Å². The molecule has 0 spiro atoms. The standard InChI is InChI=1S/C21H21F3N4O/c1-14(19-25-18-8-3-2-7-17(18)20(29)26-19)27-9-11-28(12-10-27)16-6-4-5-15(13-16)21(22,23)24/h2-8,13-14H,9-12H2,1H3,(H,25,26,29)/t14-/m0/s1. The fourth-order valence-electron chi connectivity index (χ4n) is 3.72. The van der Waals surface area contributed by atoms with E-state index in [0.29, 0.717) is 48.6 Å². The lowest BCUT2D eigenvalue weighted by Crippen LogP contribution is -2.47. The van der Waals surface area contributed by atoms with Crippen molar-refractivity contribution in [2.75, 3.05) is 31.1 Å². The molecule has 8 heteroatoms. The van der Waals surface area contributed by atoms with Crippen molar-refractivity contribution >= 4 is 16.6 Å². The molecule has 0 radical (unpaired) electrons. The molecule has 1 atom stereocenters. The summed E-state index contributed by atoms with van der Waals surface area (Å²) in [4.78, 5) is 23.9. The van der Waals surface area contributed by atoms with Crippen LogP contribution in [0, 0.1) is 0 Å². The number of alkyl halides is 3. The van der Waals surface area contributed by atoms with Crippen molar-refractivity contribution in [2.24, 2.45) is 0 Å². The normalized spacial score (nSPS) is 16.9. The predicted octanol–water partition coefficient (Wildman–Crippen LogP) is 3.83. The van der Waals surface area contributed by atoms with Gasteiger partial charge in [-0.3, -0.25) is 9.69 Å². The molecule has 1 aromatic heterocycles. The molecule has 152 valence electrons. The van der Waals surface area contributed by atoms with Gasteiger partial charge in [0, 0.05) is 31.9 Å². The summed E-state index contributed by atoms with van der Waals surface area (Å²) in [5.41, 5.74) is 0.425. The second kappa shape index (κ2) is 7.51. The minimum Gasteiger partial charge on any atom is -0.369 e. The van der Waals surface area contributed by atoms with Crippen LogP contribution in [0.2, 0.25) is 0 Å². The predicted molar refractivity (Wildman–Crippen MR) is 106 cm³/mol. The number of halogens is 3. The quantitative estimate of drug-likeness (QED) is 0.724. The van der Waals surface area contributed by atoms with Crippen molar-refractivity contribution in [3.05, 3.63) is 70.3 Å². The van der Waals surface area contributed by atoms with E-state index in [9.17, 15) is 18.0 Å². The Balaban J connectivity index is 1.48. The van der Waals surface area contributed by atoms with Gasteiger partial charge in [-0.05, 0) is 37.3 Å². The zero-order chi connectivity index (χ0) is 20.6. The number of aromatic nitrogens is 2. The second-order valence-corrected chi connectivity index (χ2v) is 7.22. The van der Waals surface area contributed by atoms with Crippen LogP contribution in [0.5, 0.6) is 0 Å². The van der Waals surface area contributed by atoms with Gasteiger partial charge in [-0.2, -0.15) is 13.2 Å². The van der Waals surface area contributed by atoms with Gasteiger partial charge in [0.1, 0.15) is 5.82 Å². The number of rotatable bonds is 3. The monoisotopic (exact) mass is 402 g/mol. The van der Waals surface area contributed by atoms with Gasteiger partial charge < -0.3 is 9.88 Å². The molecule has 1 N–H and O–H groups in total. The van der Waals surface area contributed by atoms with E-state index >= 15 is 0 Å². The minimum atomic E-state index is -4.35. The Labute approximate surface area is 165 Å². The van der Waals surface area contributed by atoms with E-state index in [4.69, 9.17) is 0 Å². The van der Waals surface area contributed by atoms with Crippen molar-refractivity contribution in [3.63, 3.8) is 0 Å². The number of anilines is 1. The van der Waals surface area contributed by atoms with E-state index < -0.39 is 11.7 Å². The van der Waals surface area contributed by atoms with Crippen molar-refractivity contribution in [1.29, 1.82) is 0 Å². The molecular formula is C21H21F3N4O. The van der Waals surface area contributed by atoms with Gasteiger partial charge in [-0.25, -0.2) is 4.98 Å². The van der Waals surface area contributed by atoms with Crippen LogP contribution < -0.4 is 10.5 Å². The summed E-state index contributed by atoms with van der Waals surface area (Å²) in [6, 6.07) is 12.5. The fraction of sp³-hybridized carbons (Fsp3) is 0.333. The molecule has 0 bridgehead atoms. The highest BCUT2D eigenvalue weighted by Gasteiger charge is 2.31. The maximum absolute atomic E-state index is 13.0. The summed E-state index contributed by atoms with van der Waals surface area (Å²) < 4.78 is 38.9. The Morgan fingerprint density at radius 1 is 1.03 bits per heavy atom. The van der Waals surface area contributed by atoms with E-state index in [0.717, 1.165) is 6.07 Å². The molecule has 1 fully saturated rings. The van der Waals surface area contributed by atoms with Crippen molar-refractivity contribution < 1.29 is 13.2 Å². The summed E-state index contributed by atoms with van der Waals surface area (Å²) in [5.74, 6) is 0.598. The first-order chi connectivity index (χ1) is 13.8. The minimum absolute atomic E-state index is 0.101. The zero-order valence-corrected chi connectivity index (χ0v) is 15.9. The number of nitrogens with zero attached hydrogens (tertiary/aromatic N) is 3. The number of nitrogens with one attached hydrogen (secondary N) is 1. The van der Waals surface area contributed by atoms with Crippen LogP contribution >= 0.6 is 0 Å². The van der Waals surface area contributed by atoms with E-state index in [1.54, 1.807) is 18.2 Å². The van der Waals surface area contributed by atoms with Gasteiger partial charge in [-0.15, -0.1) is 0 Å². The van der Waals surface area contributed by atoms with Crippen LogP contribution in [0.1, 0.15) is 24.4 Å². The van der Waals surface area contributed by atoms with Crippen LogP contribution in [0.25, 0.3) is 10.9 Å². The molecule has 29 heavy (non-hydrogen) atoms. The van der Waals surface area contributed by atoms with Gasteiger partial charge >= 0.3 is 6.18 Å². The number of H-pyrrole nitrogens is 1. The van der Waals surface area contributed by atoms with Gasteiger partial charge in [0.15, 0.2) is 0 Å². The third-order valence-electron chi connectivity index (χ3n) is 5.43. The molecule has 1 aliphatic heterocycles. The molecular weight excluding hydrogens is 381 g/mol. The molecule has 4 rings (SSSR count). The first kappa shape index (κ1) is 19.4. The number of benzene rings is 2. The SMILES string of the molecule is C[C@@H](c1nc2ccccc2c(=O)[nH]1)N1CCN(c2cccc(C(F)(F)F)c2)CC1. The molecule has 5 nitrogen and oxygen atoms in total. The third-order valence-corrected chi connectivity index (χ3v) is 5.43. The number of hydrogen-bond donors (Lipinski definition) is 1. The van der Waals surface area contributed by atoms with Gasteiger partial charge in [0.05, 0.1) is 22.5 Å². The molecule has 1 saturated heterocycles. The number of para-hydroxylation sites is 1. The molecule has 0 aliphatic carbocycles. The summed E-state index contributed by atoms with van der Waals surface area (Å²) in [6.07, 6.45) is -4.35. The van der Waals surface area contributed by atoms with Gasteiger partial charge in [-0.1, -0.05) is 18.2 Å². The Hall–Kier alpha value is -2.87. The Morgan fingerprint density at radius 3 is 2.48 bits per heavy atom. The maximum Gasteiger partial charge on any atom is 0.416 e. The average Bonchev–Trinajstić information content (AvgIpc) is 2.73. The smallest absolute Gasteiger partial charge is 0.369 e. The largest absolute Gasteiger partial charge is 0.416 e. The van der Waals surface area contributed by atoms with E-state index in [2.05, 4.69) is 14.9 Å². The Morgan fingerprint density at radius 2 is 1.76 bits per heavy atom. The van der Waals surface area contributed by atoms with Crippen LogP contribution in [-0.4, -0.2) is 41.0 Å². The summed E-state index contributed by atoms with van der Waals surface area (Å²) in [5, 5.41) is 0.554. The van der Waals surface area contributed by atoms with Crippen molar-refractivity contribution in [2.45, 2.75) is 19.1 Å². The molecule has 0 unspecified atom stereocenters. The van der Waals surface area contributed by atoms with Crippen molar-refractivity contribution in [3.8, 4) is 0 Å². The van der Waals surface area contributed by atoms with E-state index in [1.165, 1.54) is 12.1 Å². The van der Waals surface area contributed by atoms with Gasteiger partial charge in [0.25, 0.3) is 5.56 Å². The molecule has 1 aliphatic rings. The number of piperazine rings is 1. The second-order valence-electron chi connectivity index (χ2n) is 7.22. The first-order valence-corrected chi connectivity index (χ1v) is 9.48. The van der Waals surface area contributed by atoms with Crippen molar-refractivity contribution in [1.82, 2.24) is 14.9 Å². The van der Waals surface area contributed by atoms with Gasteiger partial charge in [0.2, 0.25) is 0 Å². The molecule has 2 aromatic carbocycles. The summed E-state index contributed by atoms with van der Waals surface area (Å²) in [6.45, 7) is 4.50.